The van der Waals surface area contributed by atoms with E-state index in [4.69, 9.17) is 5.73 Å². The topological polar surface area (TPSA) is 46.3 Å². The second kappa shape index (κ2) is 5.49. The zero-order valence-electron chi connectivity index (χ0n) is 12.2. The molecule has 0 aromatic heterocycles. The van der Waals surface area contributed by atoms with Crippen LogP contribution in [-0.4, -0.2) is 30.4 Å². The zero-order chi connectivity index (χ0) is 13.0. The second-order valence-corrected chi connectivity index (χ2v) is 7.38. The number of amides is 1. The van der Waals surface area contributed by atoms with Crippen molar-refractivity contribution < 1.29 is 4.79 Å². The number of halogens is 1. The van der Waals surface area contributed by atoms with Crippen molar-refractivity contribution in [1.29, 1.82) is 0 Å². The van der Waals surface area contributed by atoms with Crippen molar-refractivity contribution in [2.24, 2.45) is 41.2 Å². The van der Waals surface area contributed by atoms with E-state index in [0.717, 1.165) is 49.7 Å². The van der Waals surface area contributed by atoms with Crippen LogP contribution >= 0.6 is 12.4 Å². The van der Waals surface area contributed by atoms with Crippen molar-refractivity contribution in [1.82, 2.24) is 4.90 Å². The summed E-state index contributed by atoms with van der Waals surface area (Å²) in [5.74, 6) is 5.01. The number of nitrogens with zero attached hydrogens (tertiary/aromatic N) is 1. The smallest absolute Gasteiger partial charge is 0.226 e. The Balaban J connectivity index is 0.00000121. The molecule has 4 aliphatic rings. The first kappa shape index (κ1) is 14.6. The summed E-state index contributed by atoms with van der Waals surface area (Å²) in [6.45, 7) is 2.76. The van der Waals surface area contributed by atoms with Gasteiger partial charge in [0.2, 0.25) is 5.91 Å². The number of piperidine rings is 1. The van der Waals surface area contributed by atoms with Gasteiger partial charge in [0.1, 0.15) is 0 Å². The van der Waals surface area contributed by atoms with Crippen LogP contribution in [-0.2, 0) is 4.79 Å². The molecule has 0 aromatic rings. The number of carbonyl (C=O) groups excluding carboxylic acids is 1. The Labute approximate surface area is 128 Å². The third kappa shape index (κ3) is 2.18. The molecular weight excluding hydrogens is 272 g/mol. The maximum atomic E-state index is 12.7. The van der Waals surface area contributed by atoms with Crippen molar-refractivity contribution in [2.75, 3.05) is 19.6 Å². The lowest BCUT2D eigenvalue weighted by Crippen LogP contribution is -2.42. The normalized spacial score (nSPS) is 45.0. The molecule has 0 radical (unpaired) electrons. The van der Waals surface area contributed by atoms with Crippen LogP contribution < -0.4 is 5.73 Å². The first-order valence-corrected chi connectivity index (χ1v) is 8.28. The van der Waals surface area contributed by atoms with E-state index in [0.29, 0.717) is 17.7 Å². The van der Waals surface area contributed by atoms with E-state index in [2.05, 4.69) is 4.90 Å². The summed E-state index contributed by atoms with van der Waals surface area (Å²) in [5, 5.41) is 0. The summed E-state index contributed by atoms with van der Waals surface area (Å²) in [6.07, 6.45) is 7.80. The van der Waals surface area contributed by atoms with E-state index in [1.54, 1.807) is 0 Å². The molecule has 5 unspecified atom stereocenters. The van der Waals surface area contributed by atoms with Gasteiger partial charge >= 0.3 is 0 Å². The molecule has 2 N–H and O–H groups in total. The molecule has 1 amide bonds. The standard InChI is InChI=1S/C16H26N2O.ClH/c17-6-5-10-2-1-7-18(9-10)16(19)15-13-11-3-4-12(8-11)14(13)15;/h10-15H,1-9,17H2;1H. The van der Waals surface area contributed by atoms with Gasteiger partial charge in [-0.3, -0.25) is 4.79 Å². The summed E-state index contributed by atoms with van der Waals surface area (Å²) in [5.41, 5.74) is 5.67. The molecule has 114 valence electrons. The van der Waals surface area contributed by atoms with Crippen molar-refractivity contribution in [3.63, 3.8) is 0 Å². The minimum absolute atomic E-state index is 0. The predicted molar refractivity (Wildman–Crippen MR) is 81.5 cm³/mol. The van der Waals surface area contributed by atoms with Crippen LogP contribution in [0.5, 0.6) is 0 Å². The van der Waals surface area contributed by atoms with Gasteiger partial charge in [-0.25, -0.2) is 0 Å². The van der Waals surface area contributed by atoms with Crippen molar-refractivity contribution in [3.8, 4) is 0 Å². The molecule has 3 nitrogen and oxygen atoms in total. The number of likely N-dealkylation sites (tertiary alicyclic amines) is 1. The van der Waals surface area contributed by atoms with Crippen LogP contribution in [0.1, 0.15) is 38.5 Å². The van der Waals surface area contributed by atoms with Gasteiger partial charge in [0, 0.05) is 19.0 Å². The zero-order valence-corrected chi connectivity index (χ0v) is 13.0. The summed E-state index contributed by atoms with van der Waals surface area (Å²) in [6, 6.07) is 0. The fraction of sp³-hybridized carbons (Fsp3) is 0.938. The summed E-state index contributed by atoms with van der Waals surface area (Å²) in [4.78, 5) is 14.9. The average molecular weight is 299 g/mol. The molecule has 3 saturated carbocycles. The molecule has 1 saturated heterocycles. The van der Waals surface area contributed by atoms with Crippen LogP contribution in [0.4, 0.5) is 0 Å². The third-order valence-corrected chi connectivity index (χ3v) is 6.43. The summed E-state index contributed by atoms with van der Waals surface area (Å²) >= 11 is 0. The highest BCUT2D eigenvalue weighted by Gasteiger charge is 2.68. The van der Waals surface area contributed by atoms with Gasteiger partial charge in [0.25, 0.3) is 0 Å². The highest BCUT2D eigenvalue weighted by atomic mass is 35.5. The first-order chi connectivity index (χ1) is 9.29. The Morgan fingerprint density at radius 1 is 1.15 bits per heavy atom. The van der Waals surface area contributed by atoms with E-state index in [1.165, 1.54) is 32.1 Å². The van der Waals surface area contributed by atoms with Gasteiger partial charge in [-0.2, -0.15) is 0 Å². The van der Waals surface area contributed by atoms with E-state index < -0.39 is 0 Å². The Morgan fingerprint density at radius 2 is 1.85 bits per heavy atom. The van der Waals surface area contributed by atoms with Crippen LogP contribution in [0, 0.1) is 35.5 Å². The summed E-state index contributed by atoms with van der Waals surface area (Å²) < 4.78 is 0. The maximum absolute atomic E-state index is 12.7. The van der Waals surface area contributed by atoms with E-state index in [-0.39, 0.29) is 12.4 Å². The third-order valence-electron chi connectivity index (χ3n) is 6.43. The molecular formula is C16H27ClN2O. The maximum Gasteiger partial charge on any atom is 0.226 e. The molecule has 2 bridgehead atoms. The number of nitrogens with two attached hydrogens (primary N) is 1. The van der Waals surface area contributed by atoms with Crippen molar-refractivity contribution >= 4 is 18.3 Å². The number of carbonyl (C=O) groups is 1. The highest BCUT2D eigenvalue weighted by Crippen LogP contribution is 2.69. The van der Waals surface area contributed by atoms with Gasteiger partial charge in [0.05, 0.1) is 0 Å². The number of hydrogen-bond donors (Lipinski definition) is 1. The van der Waals surface area contributed by atoms with Gasteiger partial charge in [-0.05, 0) is 74.7 Å². The molecule has 1 heterocycles. The molecule has 3 aliphatic carbocycles. The lowest BCUT2D eigenvalue weighted by atomic mass is 9.93. The monoisotopic (exact) mass is 298 g/mol. The van der Waals surface area contributed by atoms with Crippen LogP contribution in [0.25, 0.3) is 0 Å². The Morgan fingerprint density at radius 3 is 2.50 bits per heavy atom. The summed E-state index contributed by atoms with van der Waals surface area (Å²) in [7, 11) is 0. The fourth-order valence-corrected chi connectivity index (χ4v) is 5.60. The van der Waals surface area contributed by atoms with Gasteiger partial charge in [-0.1, -0.05) is 0 Å². The number of hydrogen-bond acceptors (Lipinski definition) is 2. The fourth-order valence-electron chi connectivity index (χ4n) is 5.60. The lowest BCUT2D eigenvalue weighted by molar-refractivity contribution is -0.135. The molecule has 20 heavy (non-hydrogen) atoms. The molecule has 0 aromatic carbocycles. The average Bonchev–Trinajstić information content (AvgIpc) is 2.86. The quantitative estimate of drug-likeness (QED) is 0.869. The van der Waals surface area contributed by atoms with E-state index >= 15 is 0 Å². The molecule has 4 fully saturated rings. The molecule has 4 rings (SSSR count). The van der Waals surface area contributed by atoms with Crippen LogP contribution in [0.2, 0.25) is 0 Å². The van der Waals surface area contributed by atoms with Crippen molar-refractivity contribution in [2.45, 2.75) is 38.5 Å². The number of fused-ring (bicyclic) bond motifs is 5. The van der Waals surface area contributed by atoms with E-state index in [1.807, 2.05) is 0 Å². The largest absolute Gasteiger partial charge is 0.342 e. The first-order valence-electron chi connectivity index (χ1n) is 8.28. The van der Waals surface area contributed by atoms with Crippen LogP contribution in [0.15, 0.2) is 0 Å². The highest BCUT2D eigenvalue weighted by molar-refractivity contribution is 5.85. The van der Waals surface area contributed by atoms with Crippen molar-refractivity contribution in [3.05, 3.63) is 0 Å². The number of rotatable bonds is 3. The molecule has 5 atom stereocenters. The Kier molecular flexibility index (Phi) is 4.02. The SMILES string of the molecule is Cl.NCCC1CCCN(C(=O)C2C3C4CCC(C4)C23)C1. The predicted octanol–water partition coefficient (Wildman–Crippen LogP) is 2.29. The second-order valence-electron chi connectivity index (χ2n) is 7.38. The Hall–Kier alpha value is -0.280. The molecule has 1 aliphatic heterocycles. The van der Waals surface area contributed by atoms with Gasteiger partial charge in [-0.15, -0.1) is 12.4 Å². The van der Waals surface area contributed by atoms with Gasteiger partial charge in [0.15, 0.2) is 0 Å². The molecule has 0 spiro atoms. The van der Waals surface area contributed by atoms with Crippen LogP contribution in [0.3, 0.4) is 0 Å². The van der Waals surface area contributed by atoms with Gasteiger partial charge < -0.3 is 10.6 Å². The lowest BCUT2D eigenvalue weighted by Gasteiger charge is -2.33. The minimum Gasteiger partial charge on any atom is -0.342 e. The molecule has 4 heteroatoms. The minimum atomic E-state index is 0. The Bertz CT molecular complexity index is 371. The van der Waals surface area contributed by atoms with E-state index in [9.17, 15) is 4.79 Å².